The molecule has 0 fully saturated rings. The van der Waals surface area contributed by atoms with Gasteiger partial charge >= 0.3 is 0 Å². The number of halogens is 1. The standard InChI is InChI=1S/C12H14FN3O/c1-8(14-2)12-16-15-11(17-12)7-9-3-5-10(13)6-4-9/h3-6,8,14H,7H2,1-2H3. The molecule has 0 saturated carbocycles. The largest absolute Gasteiger partial charge is 0.423 e. The SMILES string of the molecule is CNC(C)c1nnc(Cc2ccc(F)cc2)o1. The van der Waals surface area contributed by atoms with Crippen LogP contribution in [0.1, 0.15) is 30.3 Å². The van der Waals surface area contributed by atoms with Crippen molar-refractivity contribution < 1.29 is 8.81 Å². The molecule has 1 N–H and O–H groups in total. The van der Waals surface area contributed by atoms with Crippen LogP contribution >= 0.6 is 0 Å². The van der Waals surface area contributed by atoms with Gasteiger partial charge in [0.05, 0.1) is 12.5 Å². The molecular weight excluding hydrogens is 221 g/mol. The van der Waals surface area contributed by atoms with Gasteiger partial charge in [0.25, 0.3) is 0 Å². The lowest BCUT2D eigenvalue weighted by molar-refractivity contribution is 0.410. The predicted molar refractivity (Wildman–Crippen MR) is 61.0 cm³/mol. The van der Waals surface area contributed by atoms with E-state index in [4.69, 9.17) is 4.42 Å². The molecule has 2 rings (SSSR count). The van der Waals surface area contributed by atoms with Crippen LogP contribution in [0.2, 0.25) is 0 Å². The number of nitrogens with zero attached hydrogens (tertiary/aromatic N) is 2. The highest BCUT2D eigenvalue weighted by molar-refractivity contribution is 5.18. The molecule has 2 aromatic rings. The van der Waals surface area contributed by atoms with E-state index in [9.17, 15) is 4.39 Å². The second-order valence-electron chi connectivity index (χ2n) is 3.85. The zero-order valence-electron chi connectivity index (χ0n) is 9.77. The molecule has 90 valence electrons. The average Bonchev–Trinajstić information content (AvgIpc) is 2.80. The van der Waals surface area contributed by atoms with Gasteiger partial charge in [0.2, 0.25) is 11.8 Å². The molecule has 1 aromatic heterocycles. The van der Waals surface area contributed by atoms with E-state index in [1.54, 1.807) is 12.1 Å². The summed E-state index contributed by atoms with van der Waals surface area (Å²) in [5, 5.41) is 10.9. The molecule has 0 aliphatic heterocycles. The first-order chi connectivity index (χ1) is 8.19. The molecule has 0 bridgehead atoms. The maximum absolute atomic E-state index is 12.7. The van der Waals surface area contributed by atoms with Gasteiger partial charge in [-0.05, 0) is 31.7 Å². The third-order valence-corrected chi connectivity index (χ3v) is 2.55. The number of benzene rings is 1. The smallest absolute Gasteiger partial charge is 0.233 e. The van der Waals surface area contributed by atoms with Crippen molar-refractivity contribution in [3.8, 4) is 0 Å². The monoisotopic (exact) mass is 235 g/mol. The van der Waals surface area contributed by atoms with Crippen LogP contribution < -0.4 is 5.32 Å². The van der Waals surface area contributed by atoms with Crippen molar-refractivity contribution in [1.82, 2.24) is 15.5 Å². The predicted octanol–water partition coefficient (Wildman–Crippen LogP) is 2.08. The van der Waals surface area contributed by atoms with Gasteiger partial charge in [-0.2, -0.15) is 0 Å². The van der Waals surface area contributed by atoms with Crippen molar-refractivity contribution in [2.75, 3.05) is 7.05 Å². The summed E-state index contributed by atoms with van der Waals surface area (Å²) in [4.78, 5) is 0. The number of nitrogens with one attached hydrogen (secondary N) is 1. The topological polar surface area (TPSA) is 51.0 Å². The van der Waals surface area contributed by atoms with Crippen molar-refractivity contribution in [2.24, 2.45) is 0 Å². The minimum atomic E-state index is -0.247. The van der Waals surface area contributed by atoms with E-state index in [2.05, 4.69) is 15.5 Å². The summed E-state index contributed by atoms with van der Waals surface area (Å²) in [5.41, 5.74) is 0.943. The molecule has 17 heavy (non-hydrogen) atoms. The zero-order chi connectivity index (χ0) is 12.3. The van der Waals surface area contributed by atoms with Gasteiger partial charge in [-0.1, -0.05) is 12.1 Å². The number of rotatable bonds is 4. The van der Waals surface area contributed by atoms with Crippen molar-refractivity contribution in [3.63, 3.8) is 0 Å². The maximum Gasteiger partial charge on any atom is 0.233 e. The second-order valence-corrected chi connectivity index (χ2v) is 3.85. The maximum atomic E-state index is 12.7. The van der Waals surface area contributed by atoms with Crippen LogP contribution in [0.15, 0.2) is 28.7 Å². The summed E-state index contributed by atoms with van der Waals surface area (Å²) in [6.07, 6.45) is 0.518. The molecule has 0 saturated heterocycles. The number of aromatic nitrogens is 2. The Morgan fingerprint density at radius 2 is 2.00 bits per heavy atom. The number of hydrogen-bond donors (Lipinski definition) is 1. The molecule has 5 heteroatoms. The van der Waals surface area contributed by atoms with Gasteiger partial charge in [0.1, 0.15) is 5.82 Å². The van der Waals surface area contributed by atoms with Gasteiger partial charge in [0, 0.05) is 0 Å². The fourth-order valence-electron chi connectivity index (χ4n) is 1.41. The van der Waals surface area contributed by atoms with Crippen LogP contribution in [0.25, 0.3) is 0 Å². The van der Waals surface area contributed by atoms with Crippen LogP contribution in [-0.4, -0.2) is 17.2 Å². The first-order valence-corrected chi connectivity index (χ1v) is 5.43. The van der Waals surface area contributed by atoms with E-state index in [1.165, 1.54) is 12.1 Å². The molecule has 4 nitrogen and oxygen atoms in total. The van der Waals surface area contributed by atoms with Crippen LogP contribution in [0.3, 0.4) is 0 Å². The Hall–Kier alpha value is -1.75. The minimum absolute atomic E-state index is 0.0319. The Labute approximate surface area is 98.9 Å². The van der Waals surface area contributed by atoms with Gasteiger partial charge < -0.3 is 9.73 Å². The van der Waals surface area contributed by atoms with Crippen LogP contribution in [0, 0.1) is 5.82 Å². The fraction of sp³-hybridized carbons (Fsp3) is 0.333. The first-order valence-electron chi connectivity index (χ1n) is 5.43. The Morgan fingerprint density at radius 3 is 2.65 bits per heavy atom. The molecule has 1 heterocycles. The lowest BCUT2D eigenvalue weighted by Gasteiger charge is -2.02. The van der Waals surface area contributed by atoms with Crippen LogP contribution in [-0.2, 0) is 6.42 Å². The summed E-state index contributed by atoms with van der Waals surface area (Å²) >= 11 is 0. The normalized spacial score (nSPS) is 12.6. The Balaban J connectivity index is 2.08. The third kappa shape index (κ3) is 2.88. The molecule has 0 amide bonds. The highest BCUT2D eigenvalue weighted by Gasteiger charge is 2.11. The van der Waals surface area contributed by atoms with Crippen molar-refractivity contribution in [3.05, 3.63) is 47.4 Å². The Kier molecular flexibility index (Phi) is 3.49. The van der Waals surface area contributed by atoms with Gasteiger partial charge in [0.15, 0.2) is 0 Å². The first kappa shape index (κ1) is 11.7. The molecule has 1 unspecified atom stereocenters. The average molecular weight is 235 g/mol. The van der Waals surface area contributed by atoms with E-state index in [0.717, 1.165) is 5.56 Å². The van der Waals surface area contributed by atoms with E-state index in [-0.39, 0.29) is 11.9 Å². The summed E-state index contributed by atoms with van der Waals surface area (Å²) in [6, 6.07) is 6.29. The lowest BCUT2D eigenvalue weighted by Crippen LogP contribution is -2.12. The summed E-state index contributed by atoms with van der Waals surface area (Å²) in [7, 11) is 1.83. The highest BCUT2D eigenvalue weighted by Crippen LogP contribution is 2.13. The molecular formula is C12H14FN3O. The quantitative estimate of drug-likeness (QED) is 0.881. The van der Waals surface area contributed by atoms with Crippen LogP contribution in [0.4, 0.5) is 4.39 Å². The second kappa shape index (κ2) is 5.05. The fourth-order valence-corrected chi connectivity index (χ4v) is 1.41. The van der Waals surface area contributed by atoms with E-state index in [1.807, 2.05) is 14.0 Å². The third-order valence-electron chi connectivity index (χ3n) is 2.55. The Bertz CT molecular complexity index is 481. The lowest BCUT2D eigenvalue weighted by atomic mass is 10.1. The van der Waals surface area contributed by atoms with Gasteiger partial charge in [-0.25, -0.2) is 4.39 Å². The van der Waals surface area contributed by atoms with Crippen molar-refractivity contribution in [2.45, 2.75) is 19.4 Å². The molecule has 0 spiro atoms. The van der Waals surface area contributed by atoms with Crippen molar-refractivity contribution >= 4 is 0 Å². The summed E-state index contributed by atoms with van der Waals surface area (Å²) in [5.74, 6) is 0.849. The van der Waals surface area contributed by atoms with E-state index in [0.29, 0.717) is 18.2 Å². The zero-order valence-corrected chi connectivity index (χ0v) is 9.77. The number of hydrogen-bond acceptors (Lipinski definition) is 4. The Morgan fingerprint density at radius 1 is 1.29 bits per heavy atom. The van der Waals surface area contributed by atoms with Crippen LogP contribution in [0.5, 0.6) is 0 Å². The van der Waals surface area contributed by atoms with Gasteiger partial charge in [-0.3, -0.25) is 0 Å². The minimum Gasteiger partial charge on any atom is -0.423 e. The summed E-state index contributed by atoms with van der Waals surface area (Å²) in [6.45, 7) is 1.94. The molecule has 0 aliphatic rings. The molecule has 0 radical (unpaired) electrons. The molecule has 1 atom stereocenters. The summed E-state index contributed by atoms with van der Waals surface area (Å²) < 4.78 is 18.2. The van der Waals surface area contributed by atoms with Crippen molar-refractivity contribution in [1.29, 1.82) is 0 Å². The van der Waals surface area contributed by atoms with E-state index >= 15 is 0 Å². The molecule has 0 aliphatic carbocycles. The molecule has 1 aromatic carbocycles. The highest BCUT2D eigenvalue weighted by atomic mass is 19.1. The van der Waals surface area contributed by atoms with Gasteiger partial charge in [-0.15, -0.1) is 10.2 Å². The van der Waals surface area contributed by atoms with E-state index < -0.39 is 0 Å².